The van der Waals surface area contributed by atoms with E-state index in [1.54, 1.807) is 36.3 Å². The normalized spacial score (nSPS) is 14.1. The van der Waals surface area contributed by atoms with Crippen LogP contribution in [0.2, 0.25) is 0 Å². The van der Waals surface area contributed by atoms with Crippen molar-refractivity contribution in [3.05, 3.63) is 36.2 Å². The van der Waals surface area contributed by atoms with E-state index in [9.17, 15) is 4.79 Å². The molecule has 1 aromatic heterocycles. The molecule has 3 rings (SSSR count). The minimum absolute atomic E-state index is 0.0851. The van der Waals surface area contributed by atoms with Gasteiger partial charge in [0.1, 0.15) is 25.0 Å². The smallest absolute Gasteiger partial charge is 0.245 e. The minimum atomic E-state index is -0.330. The number of hydrogen-bond donors (Lipinski definition) is 1. The van der Waals surface area contributed by atoms with Gasteiger partial charge in [-0.05, 0) is 18.6 Å². The zero-order valence-electron chi connectivity index (χ0n) is 13.8. The third-order valence-electron chi connectivity index (χ3n) is 3.93. The quantitative estimate of drug-likeness (QED) is 0.875. The molecule has 0 saturated carbocycles. The second-order valence-corrected chi connectivity index (χ2v) is 5.44. The molecule has 0 aliphatic carbocycles. The Bertz CT molecular complexity index is 700. The fourth-order valence-electron chi connectivity index (χ4n) is 2.70. The predicted molar refractivity (Wildman–Crippen MR) is 87.4 cm³/mol. The van der Waals surface area contributed by atoms with E-state index < -0.39 is 0 Å². The number of carbonyl (C=O) groups excluding carboxylic acids is 1. The van der Waals surface area contributed by atoms with Gasteiger partial charge >= 0.3 is 0 Å². The van der Waals surface area contributed by atoms with Gasteiger partial charge in [-0.2, -0.15) is 5.10 Å². The summed E-state index contributed by atoms with van der Waals surface area (Å²) in [6.07, 6.45) is 4.12. The lowest BCUT2D eigenvalue weighted by molar-refractivity contribution is -0.124. The van der Waals surface area contributed by atoms with Crippen molar-refractivity contribution in [2.24, 2.45) is 0 Å². The summed E-state index contributed by atoms with van der Waals surface area (Å²) in [6, 6.07) is 5.12. The number of aromatic nitrogens is 2. The number of amides is 1. The fraction of sp³-hybridized carbons (Fsp3) is 0.412. The van der Waals surface area contributed by atoms with Crippen LogP contribution in [0.3, 0.4) is 0 Å². The summed E-state index contributed by atoms with van der Waals surface area (Å²) in [7, 11) is 1.59. The molecule has 1 unspecified atom stereocenters. The van der Waals surface area contributed by atoms with Crippen LogP contribution in [0.5, 0.6) is 17.2 Å². The molecule has 1 atom stereocenters. The molecule has 128 valence electrons. The van der Waals surface area contributed by atoms with E-state index in [0.717, 1.165) is 5.56 Å². The predicted octanol–water partition coefficient (Wildman–Crippen LogP) is 1.93. The maximum atomic E-state index is 12.5. The summed E-state index contributed by atoms with van der Waals surface area (Å²) in [5.41, 5.74) is 0.838. The topological polar surface area (TPSA) is 74.6 Å². The largest absolute Gasteiger partial charge is 0.496 e. The van der Waals surface area contributed by atoms with Crippen LogP contribution in [0.15, 0.2) is 30.6 Å². The van der Waals surface area contributed by atoms with Crippen molar-refractivity contribution in [1.82, 2.24) is 15.1 Å². The molecule has 1 aromatic carbocycles. The number of rotatable bonds is 6. The van der Waals surface area contributed by atoms with Gasteiger partial charge in [0.05, 0.1) is 7.11 Å². The zero-order chi connectivity index (χ0) is 16.9. The number of nitrogens with zero attached hydrogens (tertiary/aromatic N) is 2. The molecule has 0 radical (unpaired) electrons. The van der Waals surface area contributed by atoms with Gasteiger partial charge < -0.3 is 19.5 Å². The molecular formula is C17H21N3O4. The first-order valence-electron chi connectivity index (χ1n) is 7.96. The van der Waals surface area contributed by atoms with Crippen molar-refractivity contribution in [3.8, 4) is 17.2 Å². The maximum Gasteiger partial charge on any atom is 0.245 e. The first-order valence-corrected chi connectivity index (χ1v) is 7.96. The second-order valence-electron chi connectivity index (χ2n) is 5.44. The molecule has 2 aromatic rings. The molecule has 1 N–H and O–H groups in total. The first-order chi connectivity index (χ1) is 11.7. The van der Waals surface area contributed by atoms with E-state index in [2.05, 4.69) is 10.4 Å². The molecule has 0 bridgehead atoms. The highest BCUT2D eigenvalue weighted by Crippen LogP contribution is 2.36. The molecule has 7 heteroatoms. The van der Waals surface area contributed by atoms with Gasteiger partial charge in [-0.3, -0.25) is 9.48 Å². The van der Waals surface area contributed by atoms with Crippen molar-refractivity contribution in [2.45, 2.75) is 25.9 Å². The van der Waals surface area contributed by atoms with Crippen LogP contribution in [0.25, 0.3) is 0 Å². The molecule has 24 heavy (non-hydrogen) atoms. The van der Waals surface area contributed by atoms with Gasteiger partial charge in [0.2, 0.25) is 5.91 Å². The Morgan fingerprint density at radius 3 is 2.75 bits per heavy atom. The van der Waals surface area contributed by atoms with Crippen molar-refractivity contribution >= 4 is 5.91 Å². The molecule has 7 nitrogen and oxygen atoms in total. The number of fused-ring (bicyclic) bond motifs is 1. The minimum Gasteiger partial charge on any atom is -0.496 e. The average molecular weight is 331 g/mol. The van der Waals surface area contributed by atoms with Crippen molar-refractivity contribution in [3.63, 3.8) is 0 Å². The maximum absolute atomic E-state index is 12.5. The fourth-order valence-corrected chi connectivity index (χ4v) is 2.70. The molecule has 0 saturated heterocycles. The monoisotopic (exact) mass is 331 g/mol. The Morgan fingerprint density at radius 2 is 2.12 bits per heavy atom. The van der Waals surface area contributed by atoms with Crippen LogP contribution in [0.1, 0.15) is 24.9 Å². The lowest BCUT2D eigenvalue weighted by atomic mass is 10.1. The number of nitrogens with one attached hydrogen (secondary N) is 1. The Balaban J connectivity index is 1.72. The van der Waals surface area contributed by atoms with Gasteiger partial charge in [-0.1, -0.05) is 6.92 Å². The van der Waals surface area contributed by atoms with E-state index in [1.807, 2.05) is 13.0 Å². The molecule has 1 aliphatic rings. The van der Waals surface area contributed by atoms with Crippen molar-refractivity contribution in [1.29, 1.82) is 0 Å². The molecule has 1 amide bonds. The standard InChI is InChI=1S/C17H21N3O4/c1-3-13(20-6-4-5-19-20)17(21)18-11-12-9-15-16(10-14(12)22-2)24-8-7-23-15/h4-6,9-10,13H,3,7-8,11H2,1-2H3,(H,18,21). The van der Waals surface area contributed by atoms with E-state index in [-0.39, 0.29) is 11.9 Å². The summed E-state index contributed by atoms with van der Waals surface area (Å²) < 4.78 is 18.2. The number of carbonyl (C=O) groups is 1. The molecule has 1 aliphatic heterocycles. The summed E-state index contributed by atoms with van der Waals surface area (Å²) in [5, 5.41) is 7.09. The van der Waals surface area contributed by atoms with Crippen LogP contribution >= 0.6 is 0 Å². The highest BCUT2D eigenvalue weighted by atomic mass is 16.6. The van der Waals surface area contributed by atoms with Crippen molar-refractivity contribution in [2.75, 3.05) is 20.3 Å². The first kappa shape index (κ1) is 16.2. The van der Waals surface area contributed by atoms with Crippen LogP contribution < -0.4 is 19.5 Å². The van der Waals surface area contributed by atoms with Crippen LogP contribution in [0, 0.1) is 0 Å². The Morgan fingerprint density at radius 1 is 1.38 bits per heavy atom. The third kappa shape index (κ3) is 3.29. The summed E-state index contributed by atoms with van der Waals surface area (Å²) in [4.78, 5) is 12.5. The molecule has 2 heterocycles. The van der Waals surface area contributed by atoms with Crippen LogP contribution in [-0.2, 0) is 11.3 Å². The summed E-state index contributed by atoms with van der Waals surface area (Å²) in [5.74, 6) is 1.91. The SMILES string of the molecule is CCC(C(=O)NCc1cc2c(cc1OC)OCCO2)n1cccn1. The number of ether oxygens (including phenoxy) is 3. The Labute approximate surface area is 140 Å². The van der Waals surface area contributed by atoms with E-state index in [4.69, 9.17) is 14.2 Å². The molecular weight excluding hydrogens is 310 g/mol. The number of hydrogen-bond acceptors (Lipinski definition) is 5. The molecule has 0 fully saturated rings. The second kappa shape index (κ2) is 7.25. The zero-order valence-corrected chi connectivity index (χ0v) is 13.8. The highest BCUT2D eigenvalue weighted by molar-refractivity contribution is 5.80. The summed E-state index contributed by atoms with van der Waals surface area (Å²) in [6.45, 7) is 3.34. The van der Waals surface area contributed by atoms with E-state index in [0.29, 0.717) is 43.4 Å². The number of benzene rings is 1. The van der Waals surface area contributed by atoms with Crippen LogP contribution in [0.4, 0.5) is 0 Å². The van der Waals surface area contributed by atoms with Gasteiger partial charge in [0, 0.05) is 30.6 Å². The van der Waals surface area contributed by atoms with Gasteiger partial charge in [-0.15, -0.1) is 0 Å². The number of methoxy groups -OCH3 is 1. The van der Waals surface area contributed by atoms with Crippen LogP contribution in [-0.4, -0.2) is 36.0 Å². The van der Waals surface area contributed by atoms with E-state index in [1.165, 1.54) is 0 Å². The van der Waals surface area contributed by atoms with Crippen molar-refractivity contribution < 1.29 is 19.0 Å². The Kier molecular flexibility index (Phi) is 4.88. The lowest BCUT2D eigenvalue weighted by Crippen LogP contribution is -2.32. The summed E-state index contributed by atoms with van der Waals surface area (Å²) >= 11 is 0. The Hall–Kier alpha value is -2.70. The van der Waals surface area contributed by atoms with Gasteiger partial charge in [0.15, 0.2) is 11.5 Å². The third-order valence-corrected chi connectivity index (χ3v) is 3.93. The van der Waals surface area contributed by atoms with Gasteiger partial charge in [0.25, 0.3) is 0 Å². The average Bonchev–Trinajstić information content (AvgIpc) is 3.14. The molecule has 0 spiro atoms. The van der Waals surface area contributed by atoms with Gasteiger partial charge in [-0.25, -0.2) is 0 Å². The van der Waals surface area contributed by atoms with E-state index >= 15 is 0 Å². The lowest BCUT2D eigenvalue weighted by Gasteiger charge is -2.21. The highest BCUT2D eigenvalue weighted by Gasteiger charge is 2.20.